The van der Waals surface area contributed by atoms with Crippen molar-refractivity contribution in [1.29, 1.82) is 0 Å². The van der Waals surface area contributed by atoms with E-state index in [0.29, 0.717) is 18.0 Å². The average molecular weight is 373 g/mol. The molecule has 28 heavy (non-hydrogen) atoms. The van der Waals surface area contributed by atoms with Gasteiger partial charge in [0.15, 0.2) is 5.82 Å². The molecule has 0 saturated carbocycles. The average Bonchev–Trinajstić information content (AvgIpc) is 3.08. The van der Waals surface area contributed by atoms with E-state index >= 15 is 0 Å². The minimum Gasteiger partial charge on any atom is -0.424 e. The van der Waals surface area contributed by atoms with Gasteiger partial charge in [0.05, 0.1) is 17.9 Å². The molecule has 7 nitrogen and oxygen atoms in total. The molecular formula is C21H19N5O2. The number of aryl methyl sites for hydroxylation is 1. The van der Waals surface area contributed by atoms with Gasteiger partial charge in [-0.2, -0.15) is 19.9 Å². The summed E-state index contributed by atoms with van der Waals surface area (Å²) in [5.74, 6) is 1.32. The number of fused-ring (bicyclic) bond motifs is 1. The normalized spacial score (nSPS) is 10.8. The van der Waals surface area contributed by atoms with Crippen molar-refractivity contribution in [2.45, 2.75) is 20.3 Å². The number of carbonyl (C=O) groups is 1. The maximum Gasteiger partial charge on any atom is 0.324 e. The van der Waals surface area contributed by atoms with E-state index in [9.17, 15) is 4.79 Å². The van der Waals surface area contributed by atoms with Gasteiger partial charge in [0.25, 0.3) is 0 Å². The van der Waals surface area contributed by atoms with Crippen LogP contribution in [0.3, 0.4) is 0 Å². The van der Waals surface area contributed by atoms with Crippen LogP contribution in [0.2, 0.25) is 0 Å². The smallest absolute Gasteiger partial charge is 0.324 e. The summed E-state index contributed by atoms with van der Waals surface area (Å²) >= 11 is 0. The van der Waals surface area contributed by atoms with Crippen molar-refractivity contribution in [1.82, 2.24) is 19.9 Å². The van der Waals surface area contributed by atoms with Gasteiger partial charge in [0, 0.05) is 11.8 Å². The molecule has 1 N–H and O–H groups in total. The first-order chi connectivity index (χ1) is 13.6. The SMILES string of the molecule is CC(=O)Cc1ccc(Oc2nc(Nn3cc(C)cn3)c3ccccc3n2)cc1. The largest absolute Gasteiger partial charge is 0.424 e. The summed E-state index contributed by atoms with van der Waals surface area (Å²) in [6, 6.07) is 15.3. The van der Waals surface area contributed by atoms with Crippen molar-refractivity contribution in [3.8, 4) is 11.8 Å². The molecule has 0 aliphatic carbocycles. The molecule has 4 aromatic rings. The molecule has 0 aliphatic rings. The Hall–Kier alpha value is -3.74. The highest BCUT2D eigenvalue weighted by Crippen LogP contribution is 2.26. The van der Waals surface area contributed by atoms with Crippen molar-refractivity contribution < 1.29 is 9.53 Å². The fourth-order valence-corrected chi connectivity index (χ4v) is 2.84. The molecule has 0 spiro atoms. The van der Waals surface area contributed by atoms with Crippen LogP contribution in [0, 0.1) is 6.92 Å². The summed E-state index contributed by atoms with van der Waals surface area (Å²) < 4.78 is 5.85. The first-order valence-corrected chi connectivity index (χ1v) is 8.88. The monoisotopic (exact) mass is 373 g/mol. The lowest BCUT2D eigenvalue weighted by Crippen LogP contribution is -2.11. The zero-order valence-electron chi connectivity index (χ0n) is 15.6. The highest BCUT2D eigenvalue weighted by Gasteiger charge is 2.10. The van der Waals surface area contributed by atoms with E-state index in [4.69, 9.17) is 4.74 Å². The quantitative estimate of drug-likeness (QED) is 0.551. The second-order valence-electron chi connectivity index (χ2n) is 6.57. The maximum absolute atomic E-state index is 11.2. The molecule has 0 radical (unpaired) electrons. The lowest BCUT2D eigenvalue weighted by molar-refractivity contribution is -0.116. The Morgan fingerprint density at radius 3 is 2.61 bits per heavy atom. The third-order valence-electron chi connectivity index (χ3n) is 4.10. The number of nitrogens with one attached hydrogen (secondary N) is 1. The number of anilines is 1. The molecule has 7 heteroatoms. The Morgan fingerprint density at radius 1 is 1.11 bits per heavy atom. The van der Waals surface area contributed by atoms with Crippen LogP contribution in [0.1, 0.15) is 18.1 Å². The van der Waals surface area contributed by atoms with Crippen molar-refractivity contribution in [3.05, 3.63) is 72.1 Å². The Balaban J connectivity index is 1.64. The second-order valence-corrected chi connectivity index (χ2v) is 6.57. The number of para-hydroxylation sites is 1. The summed E-state index contributed by atoms with van der Waals surface area (Å²) in [4.78, 5) is 21.8. The van der Waals surface area contributed by atoms with E-state index in [2.05, 4.69) is 20.5 Å². The van der Waals surface area contributed by atoms with Crippen LogP contribution in [-0.4, -0.2) is 25.6 Å². The van der Waals surface area contributed by atoms with Gasteiger partial charge in [-0.1, -0.05) is 24.3 Å². The van der Waals surface area contributed by atoms with Gasteiger partial charge in [0.1, 0.15) is 11.5 Å². The Bertz CT molecular complexity index is 1140. The van der Waals surface area contributed by atoms with Crippen LogP contribution >= 0.6 is 0 Å². The molecule has 2 aromatic carbocycles. The topological polar surface area (TPSA) is 81.9 Å². The molecule has 0 bridgehead atoms. The first kappa shape index (κ1) is 17.7. The third kappa shape index (κ3) is 3.98. The minimum absolute atomic E-state index is 0.121. The van der Waals surface area contributed by atoms with Gasteiger partial charge in [0.2, 0.25) is 0 Å². The number of Topliss-reactive ketones (excluding diaryl/α,β-unsaturated/α-hetero) is 1. The van der Waals surface area contributed by atoms with E-state index < -0.39 is 0 Å². The van der Waals surface area contributed by atoms with Gasteiger partial charge in [-0.05, 0) is 49.2 Å². The molecule has 0 fully saturated rings. The Morgan fingerprint density at radius 2 is 1.89 bits per heavy atom. The summed E-state index contributed by atoms with van der Waals surface area (Å²) in [6.45, 7) is 3.54. The highest BCUT2D eigenvalue weighted by atomic mass is 16.5. The maximum atomic E-state index is 11.2. The van der Waals surface area contributed by atoms with Gasteiger partial charge in [-0.25, -0.2) is 0 Å². The number of rotatable bonds is 6. The Kier molecular flexibility index (Phi) is 4.72. The highest BCUT2D eigenvalue weighted by molar-refractivity contribution is 5.89. The standard InChI is InChI=1S/C21H19N5O2/c1-14-12-22-26(13-14)25-20-18-5-3-4-6-19(18)23-21(24-20)28-17-9-7-16(8-10-17)11-15(2)27/h3-10,12-13H,11H2,1-2H3,(H,23,24,25). The first-order valence-electron chi connectivity index (χ1n) is 8.88. The van der Waals surface area contributed by atoms with Crippen molar-refractivity contribution in [3.63, 3.8) is 0 Å². The second kappa shape index (κ2) is 7.48. The molecule has 4 rings (SSSR count). The molecule has 0 amide bonds. The predicted octanol–water partition coefficient (Wildman–Crippen LogP) is 3.93. The Labute approximate surface area is 162 Å². The molecule has 2 heterocycles. The van der Waals surface area contributed by atoms with Crippen molar-refractivity contribution in [2.24, 2.45) is 0 Å². The van der Waals surface area contributed by atoms with Crippen LogP contribution in [0.25, 0.3) is 10.9 Å². The van der Waals surface area contributed by atoms with E-state index in [1.165, 1.54) is 0 Å². The van der Waals surface area contributed by atoms with E-state index in [0.717, 1.165) is 22.0 Å². The minimum atomic E-state index is 0.121. The molecule has 140 valence electrons. The van der Waals surface area contributed by atoms with Crippen LogP contribution in [0.15, 0.2) is 60.9 Å². The van der Waals surface area contributed by atoms with E-state index in [-0.39, 0.29) is 11.8 Å². The summed E-state index contributed by atoms with van der Waals surface area (Å²) in [7, 11) is 0. The molecule has 0 atom stereocenters. The number of ether oxygens (including phenoxy) is 1. The number of aromatic nitrogens is 4. The predicted molar refractivity (Wildman–Crippen MR) is 106 cm³/mol. The van der Waals surface area contributed by atoms with Crippen LogP contribution in [0.4, 0.5) is 5.82 Å². The summed E-state index contributed by atoms with van der Waals surface area (Å²) in [5, 5.41) is 5.10. The number of hydrogen-bond donors (Lipinski definition) is 1. The molecule has 2 aromatic heterocycles. The van der Waals surface area contributed by atoms with E-state index in [1.54, 1.807) is 30.0 Å². The van der Waals surface area contributed by atoms with Gasteiger partial charge < -0.3 is 4.74 Å². The van der Waals surface area contributed by atoms with Gasteiger partial charge >= 0.3 is 6.01 Å². The zero-order chi connectivity index (χ0) is 19.5. The molecule has 0 unspecified atom stereocenters. The van der Waals surface area contributed by atoms with Gasteiger partial charge in [-0.15, -0.1) is 0 Å². The lowest BCUT2D eigenvalue weighted by Gasteiger charge is -2.11. The lowest BCUT2D eigenvalue weighted by atomic mass is 10.1. The molecule has 0 saturated heterocycles. The summed E-state index contributed by atoms with van der Waals surface area (Å²) in [5.41, 5.74) is 5.89. The fourth-order valence-electron chi connectivity index (χ4n) is 2.84. The van der Waals surface area contributed by atoms with Crippen LogP contribution in [0.5, 0.6) is 11.8 Å². The molecule has 0 aliphatic heterocycles. The number of hydrogen-bond acceptors (Lipinski definition) is 6. The van der Waals surface area contributed by atoms with E-state index in [1.807, 2.05) is 49.5 Å². The van der Waals surface area contributed by atoms with Crippen molar-refractivity contribution >= 4 is 22.5 Å². The van der Waals surface area contributed by atoms with Gasteiger partial charge in [-0.3, -0.25) is 10.2 Å². The number of ketones is 1. The summed E-state index contributed by atoms with van der Waals surface area (Å²) in [6.07, 6.45) is 4.03. The number of carbonyl (C=O) groups excluding carboxylic acids is 1. The fraction of sp³-hybridized carbons (Fsp3) is 0.143. The van der Waals surface area contributed by atoms with Crippen LogP contribution in [-0.2, 0) is 11.2 Å². The molecular weight excluding hydrogens is 354 g/mol. The number of nitrogens with zero attached hydrogens (tertiary/aromatic N) is 4. The zero-order valence-corrected chi connectivity index (χ0v) is 15.6. The third-order valence-corrected chi connectivity index (χ3v) is 4.10. The number of benzene rings is 2. The van der Waals surface area contributed by atoms with Crippen LogP contribution < -0.4 is 10.2 Å². The van der Waals surface area contributed by atoms with Crippen molar-refractivity contribution in [2.75, 3.05) is 5.43 Å².